The van der Waals surface area contributed by atoms with E-state index in [0.717, 1.165) is 42.5 Å². The molecule has 6 heteroatoms. The van der Waals surface area contributed by atoms with Crippen LogP contribution in [0.3, 0.4) is 0 Å². The van der Waals surface area contributed by atoms with E-state index in [1.807, 2.05) is 14.0 Å². The zero-order chi connectivity index (χ0) is 15.0. The summed E-state index contributed by atoms with van der Waals surface area (Å²) >= 11 is 0. The van der Waals surface area contributed by atoms with Crippen molar-refractivity contribution >= 4 is 11.6 Å². The third kappa shape index (κ3) is 4.31. The van der Waals surface area contributed by atoms with E-state index in [1.54, 1.807) is 14.2 Å². The SMILES string of the molecule is CCc1nc(NC)c(C)c(N(CCOC)CCOC)n1. The predicted octanol–water partition coefficient (Wildman–Crippen LogP) is 1.49. The maximum absolute atomic E-state index is 5.19. The van der Waals surface area contributed by atoms with Crippen molar-refractivity contribution < 1.29 is 9.47 Å². The molecule has 1 heterocycles. The molecule has 0 bridgehead atoms. The van der Waals surface area contributed by atoms with Crippen LogP contribution in [0.5, 0.6) is 0 Å². The summed E-state index contributed by atoms with van der Waals surface area (Å²) in [6.45, 7) is 6.97. The number of nitrogens with zero attached hydrogens (tertiary/aromatic N) is 3. The van der Waals surface area contributed by atoms with Crippen LogP contribution in [0.2, 0.25) is 0 Å². The van der Waals surface area contributed by atoms with Gasteiger partial charge in [0.1, 0.15) is 17.5 Å². The van der Waals surface area contributed by atoms with Crippen molar-refractivity contribution in [3.05, 3.63) is 11.4 Å². The first-order chi connectivity index (χ1) is 9.67. The Hall–Kier alpha value is -1.40. The molecule has 20 heavy (non-hydrogen) atoms. The zero-order valence-corrected chi connectivity index (χ0v) is 13.2. The van der Waals surface area contributed by atoms with Gasteiger partial charge in [0.05, 0.1) is 13.2 Å². The Bertz CT molecular complexity index is 404. The van der Waals surface area contributed by atoms with Gasteiger partial charge in [-0.15, -0.1) is 0 Å². The number of ether oxygens (including phenoxy) is 2. The molecule has 0 fully saturated rings. The first kappa shape index (κ1) is 16.7. The molecule has 0 spiro atoms. The van der Waals surface area contributed by atoms with Gasteiger partial charge in [-0.25, -0.2) is 9.97 Å². The quantitative estimate of drug-likeness (QED) is 0.740. The molecule has 0 atom stereocenters. The Morgan fingerprint density at radius 2 is 1.70 bits per heavy atom. The lowest BCUT2D eigenvalue weighted by molar-refractivity contribution is 0.190. The van der Waals surface area contributed by atoms with Crippen LogP contribution in [0, 0.1) is 6.92 Å². The minimum absolute atomic E-state index is 0.656. The predicted molar refractivity (Wildman–Crippen MR) is 81.7 cm³/mol. The minimum Gasteiger partial charge on any atom is -0.383 e. The number of methoxy groups -OCH3 is 2. The Morgan fingerprint density at radius 3 is 2.15 bits per heavy atom. The van der Waals surface area contributed by atoms with Gasteiger partial charge in [0.25, 0.3) is 0 Å². The van der Waals surface area contributed by atoms with Crippen molar-refractivity contribution in [2.45, 2.75) is 20.3 Å². The normalized spacial score (nSPS) is 10.7. The number of rotatable bonds is 9. The Kier molecular flexibility index (Phi) is 7.25. The Balaban J connectivity index is 3.08. The van der Waals surface area contributed by atoms with E-state index in [1.165, 1.54) is 0 Å². The van der Waals surface area contributed by atoms with Crippen LogP contribution < -0.4 is 10.2 Å². The monoisotopic (exact) mass is 282 g/mol. The lowest BCUT2D eigenvalue weighted by Gasteiger charge is -2.26. The smallest absolute Gasteiger partial charge is 0.137 e. The first-order valence-corrected chi connectivity index (χ1v) is 6.95. The van der Waals surface area contributed by atoms with E-state index in [0.29, 0.717) is 13.2 Å². The fourth-order valence-electron chi connectivity index (χ4n) is 1.99. The largest absolute Gasteiger partial charge is 0.383 e. The molecule has 0 aromatic carbocycles. The van der Waals surface area contributed by atoms with Crippen molar-refractivity contribution in [3.8, 4) is 0 Å². The fraction of sp³-hybridized carbons (Fsp3) is 0.714. The average molecular weight is 282 g/mol. The second kappa shape index (κ2) is 8.71. The van der Waals surface area contributed by atoms with E-state index < -0.39 is 0 Å². The first-order valence-electron chi connectivity index (χ1n) is 6.95. The lowest BCUT2D eigenvalue weighted by atomic mass is 10.2. The molecule has 1 N–H and O–H groups in total. The summed E-state index contributed by atoms with van der Waals surface area (Å²) in [7, 11) is 5.29. The highest BCUT2D eigenvalue weighted by Gasteiger charge is 2.15. The molecular weight excluding hydrogens is 256 g/mol. The lowest BCUT2D eigenvalue weighted by Crippen LogP contribution is -2.32. The summed E-state index contributed by atoms with van der Waals surface area (Å²) in [4.78, 5) is 11.4. The topological polar surface area (TPSA) is 59.5 Å². The molecule has 0 aliphatic carbocycles. The standard InChI is InChI=1S/C14H26N4O2/c1-6-12-16-13(15-3)11(2)14(17-12)18(7-9-19-4)8-10-20-5/h6-10H2,1-5H3,(H,15,16,17). The Labute approximate surface area is 121 Å². The summed E-state index contributed by atoms with van der Waals surface area (Å²) in [5.41, 5.74) is 1.05. The molecule has 0 saturated carbocycles. The van der Waals surface area contributed by atoms with Gasteiger partial charge in [-0.3, -0.25) is 0 Å². The van der Waals surface area contributed by atoms with Gasteiger partial charge in [0.2, 0.25) is 0 Å². The van der Waals surface area contributed by atoms with Crippen LogP contribution in [0.25, 0.3) is 0 Å². The van der Waals surface area contributed by atoms with Gasteiger partial charge in [0.15, 0.2) is 0 Å². The highest BCUT2D eigenvalue weighted by molar-refractivity contribution is 5.58. The van der Waals surface area contributed by atoms with Crippen LogP contribution in [0.1, 0.15) is 18.3 Å². The van der Waals surface area contributed by atoms with Gasteiger partial charge in [0, 0.05) is 46.3 Å². The van der Waals surface area contributed by atoms with Crippen LogP contribution in [-0.2, 0) is 15.9 Å². The molecule has 0 aliphatic rings. The number of hydrogen-bond acceptors (Lipinski definition) is 6. The molecule has 6 nitrogen and oxygen atoms in total. The molecule has 0 saturated heterocycles. The number of nitrogens with one attached hydrogen (secondary N) is 1. The highest BCUT2D eigenvalue weighted by Crippen LogP contribution is 2.23. The number of anilines is 2. The molecule has 0 unspecified atom stereocenters. The van der Waals surface area contributed by atoms with Crippen LogP contribution in [0.4, 0.5) is 11.6 Å². The van der Waals surface area contributed by atoms with Gasteiger partial charge >= 0.3 is 0 Å². The molecule has 114 valence electrons. The van der Waals surface area contributed by atoms with Gasteiger partial charge < -0.3 is 19.7 Å². The summed E-state index contributed by atoms with van der Waals surface area (Å²) in [5, 5.41) is 3.14. The van der Waals surface area contributed by atoms with Crippen molar-refractivity contribution in [1.29, 1.82) is 0 Å². The highest BCUT2D eigenvalue weighted by atomic mass is 16.5. The molecular formula is C14H26N4O2. The molecule has 0 radical (unpaired) electrons. The molecule has 1 aromatic heterocycles. The molecule has 0 amide bonds. The van der Waals surface area contributed by atoms with Crippen molar-refractivity contribution in [2.24, 2.45) is 0 Å². The maximum atomic E-state index is 5.19. The molecule has 0 aliphatic heterocycles. The fourth-order valence-corrected chi connectivity index (χ4v) is 1.99. The third-order valence-electron chi connectivity index (χ3n) is 3.15. The number of aryl methyl sites for hydroxylation is 1. The molecule has 1 rings (SSSR count). The number of aromatic nitrogens is 2. The van der Waals surface area contributed by atoms with E-state index in [4.69, 9.17) is 9.47 Å². The van der Waals surface area contributed by atoms with Gasteiger partial charge in [-0.05, 0) is 6.92 Å². The van der Waals surface area contributed by atoms with E-state index >= 15 is 0 Å². The van der Waals surface area contributed by atoms with E-state index in [9.17, 15) is 0 Å². The van der Waals surface area contributed by atoms with E-state index in [2.05, 4.69) is 27.1 Å². The minimum atomic E-state index is 0.656. The van der Waals surface area contributed by atoms with Crippen LogP contribution in [-0.4, -0.2) is 57.5 Å². The summed E-state index contributed by atoms with van der Waals surface area (Å²) in [5.74, 6) is 2.68. The van der Waals surface area contributed by atoms with Gasteiger partial charge in [-0.2, -0.15) is 0 Å². The maximum Gasteiger partial charge on any atom is 0.137 e. The van der Waals surface area contributed by atoms with E-state index in [-0.39, 0.29) is 0 Å². The van der Waals surface area contributed by atoms with Crippen molar-refractivity contribution in [3.63, 3.8) is 0 Å². The van der Waals surface area contributed by atoms with Crippen LogP contribution in [0.15, 0.2) is 0 Å². The summed E-state index contributed by atoms with van der Waals surface area (Å²) in [6.07, 6.45) is 0.810. The zero-order valence-electron chi connectivity index (χ0n) is 13.2. The van der Waals surface area contributed by atoms with Crippen LogP contribution >= 0.6 is 0 Å². The summed E-state index contributed by atoms with van der Waals surface area (Å²) < 4.78 is 10.4. The summed E-state index contributed by atoms with van der Waals surface area (Å²) in [6, 6.07) is 0. The molecule has 1 aromatic rings. The van der Waals surface area contributed by atoms with Crippen molar-refractivity contribution in [2.75, 3.05) is 57.8 Å². The second-order valence-corrected chi connectivity index (χ2v) is 4.51. The Morgan fingerprint density at radius 1 is 1.10 bits per heavy atom. The second-order valence-electron chi connectivity index (χ2n) is 4.51. The third-order valence-corrected chi connectivity index (χ3v) is 3.15. The number of hydrogen-bond donors (Lipinski definition) is 1. The average Bonchev–Trinajstić information content (AvgIpc) is 2.48. The van der Waals surface area contributed by atoms with Gasteiger partial charge in [-0.1, -0.05) is 6.92 Å². The van der Waals surface area contributed by atoms with Crippen molar-refractivity contribution in [1.82, 2.24) is 9.97 Å².